The molecule has 0 bridgehead atoms. The van der Waals surface area contributed by atoms with Crippen LogP contribution in [0.25, 0.3) is 0 Å². The van der Waals surface area contributed by atoms with Crippen molar-refractivity contribution in [3.05, 3.63) is 35.9 Å². The van der Waals surface area contributed by atoms with Gasteiger partial charge in [0.25, 0.3) is 0 Å². The van der Waals surface area contributed by atoms with Crippen LogP contribution in [0.15, 0.2) is 30.3 Å². The van der Waals surface area contributed by atoms with E-state index in [4.69, 9.17) is 9.47 Å². The quantitative estimate of drug-likeness (QED) is 0.837. The maximum atomic E-state index is 12.0. The number of nitrogens with one attached hydrogen (secondary N) is 1. The summed E-state index contributed by atoms with van der Waals surface area (Å²) < 4.78 is 10.5. The highest BCUT2D eigenvalue weighted by Crippen LogP contribution is 2.26. The Morgan fingerprint density at radius 2 is 2.20 bits per heavy atom. The fraction of sp³-hybridized carbons (Fsp3) is 0.562. The second-order valence-corrected chi connectivity index (χ2v) is 5.55. The Bertz CT molecular complexity index is 448. The van der Waals surface area contributed by atoms with Crippen LogP contribution in [0.5, 0.6) is 0 Å². The molecule has 3 unspecified atom stereocenters. The van der Waals surface area contributed by atoms with E-state index in [1.165, 1.54) is 7.11 Å². The number of rotatable bonds is 5. The molecule has 1 saturated heterocycles. The van der Waals surface area contributed by atoms with Gasteiger partial charge in [0.1, 0.15) is 0 Å². The average Bonchev–Trinajstić information content (AvgIpc) is 2.80. The summed E-state index contributed by atoms with van der Waals surface area (Å²) in [5.41, 5.74) is 0.892. The van der Waals surface area contributed by atoms with Crippen molar-refractivity contribution in [2.75, 3.05) is 20.3 Å². The minimum atomic E-state index is -0.286. The number of ether oxygens (including phenoxy) is 2. The molecule has 0 aromatic heterocycles. The van der Waals surface area contributed by atoms with Gasteiger partial charge < -0.3 is 14.8 Å². The zero-order valence-corrected chi connectivity index (χ0v) is 12.4. The fourth-order valence-corrected chi connectivity index (χ4v) is 2.57. The van der Waals surface area contributed by atoms with Crippen LogP contribution in [0, 0.1) is 0 Å². The summed E-state index contributed by atoms with van der Waals surface area (Å²) in [6, 6.07) is 9.74. The number of benzene rings is 1. The first-order valence-corrected chi connectivity index (χ1v) is 7.06. The van der Waals surface area contributed by atoms with E-state index in [9.17, 15) is 4.79 Å². The molecule has 0 radical (unpaired) electrons. The maximum Gasteiger partial charge on any atom is 0.314 e. The van der Waals surface area contributed by atoms with Crippen molar-refractivity contribution in [1.29, 1.82) is 0 Å². The number of hydrogen-bond donors (Lipinski definition) is 1. The average molecular weight is 277 g/mol. The lowest BCUT2D eigenvalue weighted by Crippen LogP contribution is -2.49. The number of methoxy groups -OCH3 is 1. The molecule has 110 valence electrons. The Labute approximate surface area is 120 Å². The second kappa shape index (κ2) is 6.37. The lowest BCUT2D eigenvalue weighted by molar-refractivity contribution is -0.142. The molecule has 0 amide bonds. The van der Waals surface area contributed by atoms with Crippen LogP contribution in [0.3, 0.4) is 0 Å². The van der Waals surface area contributed by atoms with Gasteiger partial charge in [0.2, 0.25) is 0 Å². The van der Waals surface area contributed by atoms with Crippen LogP contribution in [-0.2, 0) is 14.3 Å². The molecule has 0 aliphatic carbocycles. The Morgan fingerprint density at radius 3 is 2.75 bits per heavy atom. The molecule has 0 spiro atoms. The molecule has 4 nitrogen and oxygen atoms in total. The number of carbonyl (C=O) groups is 1. The van der Waals surface area contributed by atoms with Crippen LogP contribution in [-0.4, -0.2) is 37.9 Å². The van der Waals surface area contributed by atoms with Gasteiger partial charge in [-0.15, -0.1) is 0 Å². The van der Waals surface area contributed by atoms with E-state index in [1.807, 2.05) is 30.3 Å². The molecule has 0 saturated carbocycles. The fourth-order valence-electron chi connectivity index (χ4n) is 2.57. The lowest BCUT2D eigenvalue weighted by Gasteiger charge is -2.30. The van der Waals surface area contributed by atoms with Crippen molar-refractivity contribution in [2.24, 2.45) is 0 Å². The van der Waals surface area contributed by atoms with Crippen LogP contribution in [0.1, 0.15) is 31.7 Å². The Morgan fingerprint density at radius 1 is 1.50 bits per heavy atom. The highest BCUT2D eigenvalue weighted by atomic mass is 16.5. The van der Waals surface area contributed by atoms with Gasteiger partial charge in [-0.25, -0.2) is 0 Å². The molecule has 1 N–H and O–H groups in total. The van der Waals surface area contributed by atoms with Crippen molar-refractivity contribution in [2.45, 2.75) is 37.8 Å². The number of esters is 1. The summed E-state index contributed by atoms with van der Waals surface area (Å²) in [4.78, 5) is 12.0. The highest BCUT2D eigenvalue weighted by Gasteiger charge is 2.37. The SMILES string of the molecule is COC(=O)C(CNC1(C)CCOC1C)c1ccccc1. The molecule has 20 heavy (non-hydrogen) atoms. The Kier molecular flexibility index (Phi) is 4.78. The third-order valence-electron chi connectivity index (χ3n) is 4.28. The van der Waals surface area contributed by atoms with Crippen molar-refractivity contribution < 1.29 is 14.3 Å². The molecule has 1 aromatic rings. The van der Waals surface area contributed by atoms with Crippen molar-refractivity contribution >= 4 is 5.97 Å². The predicted octanol–water partition coefficient (Wildman–Crippen LogP) is 2.10. The molecule has 1 aliphatic rings. The van der Waals surface area contributed by atoms with Gasteiger partial charge in [0, 0.05) is 18.7 Å². The second-order valence-electron chi connectivity index (χ2n) is 5.55. The lowest BCUT2D eigenvalue weighted by atomic mass is 9.92. The molecule has 3 atom stereocenters. The molecular weight excluding hydrogens is 254 g/mol. The van der Waals surface area contributed by atoms with Gasteiger partial charge in [-0.2, -0.15) is 0 Å². The van der Waals surface area contributed by atoms with E-state index in [0.29, 0.717) is 6.54 Å². The summed E-state index contributed by atoms with van der Waals surface area (Å²) in [5.74, 6) is -0.496. The standard InChI is InChI=1S/C16H23NO3/c1-12-16(2,9-10-20-12)17-11-14(15(18)19-3)13-7-5-4-6-8-13/h4-8,12,14,17H,9-11H2,1-3H3. The topological polar surface area (TPSA) is 47.6 Å². The van der Waals surface area contributed by atoms with Gasteiger partial charge in [-0.05, 0) is 25.8 Å². The zero-order valence-electron chi connectivity index (χ0n) is 12.4. The first kappa shape index (κ1) is 15.0. The minimum absolute atomic E-state index is 0.0823. The van der Waals surface area contributed by atoms with Crippen LogP contribution < -0.4 is 5.32 Å². The van der Waals surface area contributed by atoms with Crippen LogP contribution in [0.4, 0.5) is 0 Å². The molecule has 2 rings (SSSR count). The summed E-state index contributed by atoms with van der Waals surface area (Å²) in [5, 5.41) is 3.50. The molecule has 1 aromatic carbocycles. The van der Waals surface area contributed by atoms with Gasteiger partial charge in [-0.3, -0.25) is 4.79 Å². The highest BCUT2D eigenvalue weighted by molar-refractivity contribution is 5.78. The summed E-state index contributed by atoms with van der Waals surface area (Å²) >= 11 is 0. The first-order chi connectivity index (χ1) is 9.57. The van der Waals surface area contributed by atoms with Gasteiger partial charge >= 0.3 is 5.97 Å². The van der Waals surface area contributed by atoms with Gasteiger partial charge in [-0.1, -0.05) is 30.3 Å². The molecule has 1 fully saturated rings. The van der Waals surface area contributed by atoms with Crippen molar-refractivity contribution in [3.63, 3.8) is 0 Å². The normalized spacial score (nSPS) is 27.2. The predicted molar refractivity (Wildman–Crippen MR) is 77.6 cm³/mol. The number of hydrogen-bond acceptors (Lipinski definition) is 4. The summed E-state index contributed by atoms with van der Waals surface area (Å²) in [6.07, 6.45) is 1.10. The van der Waals surface area contributed by atoms with E-state index in [0.717, 1.165) is 18.6 Å². The van der Waals surface area contributed by atoms with E-state index in [2.05, 4.69) is 19.2 Å². The van der Waals surface area contributed by atoms with E-state index < -0.39 is 0 Å². The molecule has 1 heterocycles. The third kappa shape index (κ3) is 3.19. The van der Waals surface area contributed by atoms with E-state index in [-0.39, 0.29) is 23.5 Å². The summed E-state index contributed by atoms with van der Waals surface area (Å²) in [6.45, 7) is 5.53. The molecule has 1 aliphatic heterocycles. The van der Waals surface area contributed by atoms with Gasteiger partial charge in [0.15, 0.2) is 0 Å². The Balaban J connectivity index is 2.07. The van der Waals surface area contributed by atoms with Crippen LogP contribution >= 0.6 is 0 Å². The van der Waals surface area contributed by atoms with Crippen molar-refractivity contribution in [1.82, 2.24) is 5.32 Å². The van der Waals surface area contributed by atoms with E-state index >= 15 is 0 Å². The molecule has 4 heteroatoms. The third-order valence-corrected chi connectivity index (χ3v) is 4.28. The molecular formula is C16H23NO3. The zero-order chi connectivity index (χ0) is 14.6. The smallest absolute Gasteiger partial charge is 0.314 e. The van der Waals surface area contributed by atoms with Gasteiger partial charge in [0.05, 0.1) is 19.1 Å². The van der Waals surface area contributed by atoms with Crippen molar-refractivity contribution in [3.8, 4) is 0 Å². The monoisotopic (exact) mass is 277 g/mol. The minimum Gasteiger partial charge on any atom is -0.469 e. The first-order valence-electron chi connectivity index (χ1n) is 7.06. The summed E-state index contributed by atoms with van der Waals surface area (Å²) in [7, 11) is 1.43. The number of carbonyl (C=O) groups excluding carboxylic acids is 1. The maximum absolute atomic E-state index is 12.0. The largest absolute Gasteiger partial charge is 0.469 e. The Hall–Kier alpha value is -1.39. The van der Waals surface area contributed by atoms with Crippen LogP contribution in [0.2, 0.25) is 0 Å². The van der Waals surface area contributed by atoms with E-state index in [1.54, 1.807) is 0 Å².